The van der Waals surface area contributed by atoms with Crippen molar-refractivity contribution in [1.29, 1.82) is 0 Å². The first-order valence-electron chi connectivity index (χ1n) is 21.3. The van der Waals surface area contributed by atoms with Gasteiger partial charge in [-0.1, -0.05) is 12.5 Å². The molecule has 1 spiro atoms. The highest BCUT2D eigenvalue weighted by Crippen LogP contribution is 2.66. The Bertz CT molecular complexity index is 1290. The van der Waals surface area contributed by atoms with E-state index in [0.29, 0.717) is 131 Å². The Kier molecular flexibility index (Phi) is 18.8. The third-order valence-corrected chi connectivity index (χ3v) is 12.2. The van der Waals surface area contributed by atoms with Crippen molar-refractivity contribution in [3.63, 3.8) is 0 Å². The number of likely N-dealkylation sites (tertiary alicyclic amines) is 1. The summed E-state index contributed by atoms with van der Waals surface area (Å²) in [7, 11) is 3.30. The summed E-state index contributed by atoms with van der Waals surface area (Å²) in [5.74, 6) is 2.14. The van der Waals surface area contributed by atoms with Gasteiger partial charge in [-0.2, -0.15) is 0 Å². The van der Waals surface area contributed by atoms with E-state index >= 15 is 0 Å². The monoisotopic (exact) mass is 811 g/mol. The van der Waals surface area contributed by atoms with Crippen LogP contribution in [0.4, 0.5) is 0 Å². The van der Waals surface area contributed by atoms with Gasteiger partial charge in [0.1, 0.15) is 6.10 Å². The molecule has 326 valence electrons. The molecular formula is C42H69NO14. The van der Waals surface area contributed by atoms with E-state index in [1.165, 1.54) is 24.8 Å². The molecule has 0 aromatic heterocycles. The Hall–Kier alpha value is -1.70. The zero-order valence-electron chi connectivity index (χ0n) is 34.5. The number of nitrogens with zero attached hydrogens (tertiary/aromatic N) is 1. The van der Waals surface area contributed by atoms with Crippen molar-refractivity contribution in [2.24, 2.45) is 5.92 Å². The number of aliphatic hydroxyl groups is 1. The standard InChI is InChI=1S/C42H69NO14/c1-45-12-14-47-16-17-48-18-19-49-20-21-50-22-23-51-24-25-52-26-27-53-28-29-55-36-8-9-42(44)37-30-34-6-7-35(56-32-54-15-13-46-2)39-38(34)41(42,40(36)57-39)10-11-43(37)31-33-4-3-5-33/h6-7,33,36-37,40,44H,3-5,8-32H2,1-2H3/t36?,37?,40-,41-,42+/m0/s1. The highest BCUT2D eigenvalue weighted by Gasteiger charge is 2.73. The first-order chi connectivity index (χ1) is 28.1. The Labute approximate surface area is 339 Å². The zero-order chi connectivity index (χ0) is 39.6. The quantitative estimate of drug-likeness (QED) is 0.0821. The molecule has 0 radical (unpaired) electrons. The molecule has 15 nitrogen and oxygen atoms in total. The fraction of sp³-hybridized carbons (Fsp3) is 0.857. The van der Waals surface area contributed by atoms with Crippen molar-refractivity contribution in [1.82, 2.24) is 4.90 Å². The van der Waals surface area contributed by atoms with Crippen LogP contribution in [0.3, 0.4) is 0 Å². The van der Waals surface area contributed by atoms with Crippen LogP contribution in [0.2, 0.25) is 0 Å². The van der Waals surface area contributed by atoms with Crippen LogP contribution in [0.5, 0.6) is 11.5 Å². The van der Waals surface area contributed by atoms with Crippen LogP contribution in [0, 0.1) is 5.92 Å². The van der Waals surface area contributed by atoms with Crippen molar-refractivity contribution in [2.45, 2.75) is 74.2 Å². The maximum atomic E-state index is 12.9. The van der Waals surface area contributed by atoms with E-state index in [1.54, 1.807) is 14.2 Å². The van der Waals surface area contributed by atoms with Crippen LogP contribution in [-0.4, -0.2) is 187 Å². The second kappa shape index (κ2) is 23.9. The average Bonchev–Trinajstić information content (AvgIpc) is 3.55. The largest absolute Gasteiger partial charge is 0.482 e. The SMILES string of the molecule is COCCOCCOCCOCCOCCOCCOCCOCCOC1CC[C@@]2(O)C3Cc4ccc(OCOCCOC)c5c4[C@@]2(CCN3CC2CCC2)[C@H]1O5. The maximum absolute atomic E-state index is 12.9. The normalized spacial score (nSPS) is 26.3. The van der Waals surface area contributed by atoms with Crippen LogP contribution < -0.4 is 9.47 Å². The Balaban J connectivity index is 0.852. The number of methoxy groups -OCH3 is 2. The number of piperidine rings is 1. The number of hydrogen-bond acceptors (Lipinski definition) is 15. The maximum Gasteiger partial charge on any atom is 0.189 e. The summed E-state index contributed by atoms with van der Waals surface area (Å²) >= 11 is 0. The van der Waals surface area contributed by atoms with Gasteiger partial charge in [-0.25, -0.2) is 0 Å². The molecule has 57 heavy (non-hydrogen) atoms. The molecule has 5 aliphatic rings. The minimum Gasteiger partial charge on any atom is -0.482 e. The number of rotatable bonds is 33. The van der Waals surface area contributed by atoms with E-state index < -0.39 is 11.0 Å². The molecule has 6 rings (SSSR count). The summed E-state index contributed by atoms with van der Waals surface area (Å²) in [6.45, 7) is 11.2. The molecule has 15 heteroatoms. The molecule has 1 saturated heterocycles. The molecule has 2 saturated carbocycles. The van der Waals surface area contributed by atoms with Crippen molar-refractivity contribution < 1.29 is 66.7 Å². The summed E-state index contributed by atoms with van der Waals surface area (Å²) < 4.78 is 74.2. The first-order valence-corrected chi connectivity index (χ1v) is 21.3. The molecule has 1 aromatic carbocycles. The lowest BCUT2D eigenvalue weighted by Crippen LogP contribution is -2.77. The van der Waals surface area contributed by atoms with Crippen LogP contribution in [0.1, 0.15) is 49.7 Å². The van der Waals surface area contributed by atoms with Gasteiger partial charge in [0, 0.05) is 32.4 Å². The smallest absolute Gasteiger partial charge is 0.189 e. The van der Waals surface area contributed by atoms with E-state index in [1.807, 2.05) is 6.07 Å². The summed E-state index contributed by atoms with van der Waals surface area (Å²) in [5, 5.41) is 12.9. The molecule has 0 amide bonds. The van der Waals surface area contributed by atoms with Gasteiger partial charge in [-0.3, -0.25) is 4.90 Å². The van der Waals surface area contributed by atoms with Gasteiger partial charge in [-0.15, -0.1) is 0 Å². The van der Waals surface area contributed by atoms with Crippen LogP contribution in [-0.2, 0) is 63.9 Å². The van der Waals surface area contributed by atoms with Gasteiger partial charge in [0.25, 0.3) is 0 Å². The van der Waals surface area contributed by atoms with Crippen molar-refractivity contribution >= 4 is 0 Å². The van der Waals surface area contributed by atoms with E-state index in [-0.39, 0.29) is 25.0 Å². The molecule has 2 unspecified atom stereocenters. The highest BCUT2D eigenvalue weighted by atomic mass is 16.7. The van der Waals surface area contributed by atoms with E-state index in [4.69, 9.17) is 61.6 Å². The van der Waals surface area contributed by atoms with Gasteiger partial charge in [0.2, 0.25) is 0 Å². The number of hydrogen-bond donors (Lipinski definition) is 1. The average molecular weight is 812 g/mol. The molecular weight excluding hydrogens is 742 g/mol. The molecule has 5 atom stereocenters. The molecule has 2 heterocycles. The minimum absolute atomic E-state index is 0.0635. The second-order valence-electron chi connectivity index (χ2n) is 15.5. The molecule has 1 aromatic rings. The van der Waals surface area contributed by atoms with Crippen LogP contribution in [0.15, 0.2) is 12.1 Å². The van der Waals surface area contributed by atoms with E-state index in [0.717, 1.165) is 49.6 Å². The van der Waals surface area contributed by atoms with Gasteiger partial charge < -0.3 is 66.7 Å². The number of benzene rings is 1. The fourth-order valence-corrected chi connectivity index (χ4v) is 9.21. The lowest BCUT2D eigenvalue weighted by Gasteiger charge is -2.64. The third-order valence-electron chi connectivity index (χ3n) is 12.2. The lowest BCUT2D eigenvalue weighted by atomic mass is 9.48. The Morgan fingerprint density at radius 1 is 0.667 bits per heavy atom. The highest BCUT2D eigenvalue weighted by molar-refractivity contribution is 5.63. The van der Waals surface area contributed by atoms with Gasteiger partial charge in [0.05, 0.1) is 136 Å². The van der Waals surface area contributed by atoms with Crippen molar-refractivity contribution in [2.75, 3.05) is 153 Å². The summed E-state index contributed by atoms with van der Waals surface area (Å²) in [5.41, 5.74) is 0.930. The molecule has 2 bridgehead atoms. The summed E-state index contributed by atoms with van der Waals surface area (Å²) in [6.07, 6.45) is 6.47. The molecule has 1 N–H and O–H groups in total. The Morgan fingerprint density at radius 2 is 1.21 bits per heavy atom. The summed E-state index contributed by atoms with van der Waals surface area (Å²) in [6, 6.07) is 4.25. The minimum atomic E-state index is -0.901. The first kappa shape index (κ1) is 44.8. The summed E-state index contributed by atoms with van der Waals surface area (Å²) in [4.78, 5) is 2.60. The van der Waals surface area contributed by atoms with Crippen molar-refractivity contribution in [3.05, 3.63) is 23.3 Å². The van der Waals surface area contributed by atoms with Crippen molar-refractivity contribution in [3.8, 4) is 11.5 Å². The van der Waals surface area contributed by atoms with Gasteiger partial charge >= 0.3 is 0 Å². The molecule has 2 aliphatic heterocycles. The van der Waals surface area contributed by atoms with Crippen LogP contribution >= 0.6 is 0 Å². The topological polar surface area (TPSA) is 143 Å². The third kappa shape index (κ3) is 11.6. The van der Waals surface area contributed by atoms with Gasteiger partial charge in [-0.05, 0) is 62.6 Å². The predicted octanol–water partition coefficient (Wildman–Crippen LogP) is 2.79. The molecule has 3 aliphatic carbocycles. The van der Waals surface area contributed by atoms with E-state index in [2.05, 4.69) is 11.0 Å². The van der Waals surface area contributed by atoms with Gasteiger partial charge in [0.15, 0.2) is 18.3 Å². The number of ether oxygens (including phenoxy) is 13. The lowest BCUT2D eigenvalue weighted by molar-refractivity contribution is -0.218. The second-order valence-corrected chi connectivity index (χ2v) is 15.5. The van der Waals surface area contributed by atoms with Crippen LogP contribution in [0.25, 0.3) is 0 Å². The fourth-order valence-electron chi connectivity index (χ4n) is 9.21. The zero-order valence-corrected chi connectivity index (χ0v) is 34.5. The predicted molar refractivity (Wildman–Crippen MR) is 208 cm³/mol. The molecule has 3 fully saturated rings. The van der Waals surface area contributed by atoms with E-state index in [9.17, 15) is 5.11 Å². The Morgan fingerprint density at radius 3 is 1.75 bits per heavy atom.